The Morgan fingerprint density at radius 2 is 1.59 bits per heavy atom. The summed E-state index contributed by atoms with van der Waals surface area (Å²) in [7, 11) is -3.57. The lowest BCUT2D eigenvalue weighted by Crippen LogP contribution is -2.28. The highest BCUT2D eigenvalue weighted by Gasteiger charge is 2.27. The second-order valence-electron chi connectivity index (χ2n) is 6.54. The molecule has 0 atom stereocenters. The van der Waals surface area contributed by atoms with Crippen molar-refractivity contribution in [2.75, 3.05) is 13.1 Å². The number of hydrogen-bond acceptors (Lipinski definition) is 4. The summed E-state index contributed by atoms with van der Waals surface area (Å²) in [6.45, 7) is 1.04. The summed E-state index contributed by atoms with van der Waals surface area (Å²) in [5.41, 5.74) is 0.212. The van der Waals surface area contributed by atoms with E-state index in [9.17, 15) is 13.2 Å². The van der Waals surface area contributed by atoms with E-state index in [0.717, 1.165) is 23.6 Å². The molecule has 1 heterocycles. The molecule has 1 fully saturated rings. The molecule has 1 aliphatic heterocycles. The van der Waals surface area contributed by atoms with Crippen molar-refractivity contribution in [2.24, 2.45) is 0 Å². The second kappa shape index (κ2) is 7.13. The minimum Gasteiger partial charge on any atom is -0.423 e. The third-order valence-electron chi connectivity index (χ3n) is 4.70. The number of sulfonamides is 1. The molecule has 0 amide bonds. The highest BCUT2D eigenvalue weighted by atomic mass is 32.2. The van der Waals surface area contributed by atoms with Gasteiger partial charge in [-0.25, -0.2) is 13.2 Å². The summed E-state index contributed by atoms with van der Waals surface area (Å²) in [5, 5.41) is 2.02. The molecule has 3 aromatic carbocycles. The largest absolute Gasteiger partial charge is 0.423 e. The van der Waals surface area contributed by atoms with Gasteiger partial charge < -0.3 is 4.74 Å². The van der Waals surface area contributed by atoms with Crippen molar-refractivity contribution in [3.8, 4) is 5.75 Å². The van der Waals surface area contributed by atoms with E-state index in [1.54, 1.807) is 24.3 Å². The number of ether oxygens (including phenoxy) is 1. The highest BCUT2D eigenvalue weighted by molar-refractivity contribution is 7.89. The number of nitrogens with zero attached hydrogens (tertiary/aromatic N) is 1. The van der Waals surface area contributed by atoms with Crippen LogP contribution in [0.15, 0.2) is 71.6 Å². The van der Waals surface area contributed by atoms with Gasteiger partial charge >= 0.3 is 5.97 Å². The summed E-state index contributed by atoms with van der Waals surface area (Å²) in [4.78, 5) is 12.6. The highest BCUT2D eigenvalue weighted by Crippen LogP contribution is 2.24. The standard InChI is InChI=1S/C21H19NO4S/c23-21(26-19-11-10-16-6-1-2-7-17(16)14-19)18-8-5-9-20(15-18)27(24,25)22-12-3-4-13-22/h1-2,5-11,14-15H,3-4,12-13H2. The molecule has 138 valence electrons. The summed E-state index contributed by atoms with van der Waals surface area (Å²) < 4.78 is 32.3. The molecule has 5 nitrogen and oxygen atoms in total. The van der Waals surface area contributed by atoms with Gasteiger partial charge in [-0.3, -0.25) is 0 Å². The van der Waals surface area contributed by atoms with Crippen molar-refractivity contribution in [2.45, 2.75) is 17.7 Å². The summed E-state index contributed by atoms with van der Waals surface area (Å²) in [5.74, 6) is -0.157. The second-order valence-corrected chi connectivity index (χ2v) is 8.48. The molecule has 1 aliphatic rings. The molecule has 6 heteroatoms. The first kappa shape index (κ1) is 17.7. The fourth-order valence-corrected chi connectivity index (χ4v) is 4.82. The molecule has 4 rings (SSSR count). The molecule has 0 unspecified atom stereocenters. The van der Waals surface area contributed by atoms with E-state index in [-0.39, 0.29) is 10.5 Å². The first-order chi connectivity index (χ1) is 13.0. The van der Waals surface area contributed by atoms with E-state index in [1.165, 1.54) is 16.4 Å². The van der Waals surface area contributed by atoms with Crippen molar-refractivity contribution >= 4 is 26.8 Å². The van der Waals surface area contributed by atoms with Crippen LogP contribution in [-0.4, -0.2) is 31.8 Å². The number of benzene rings is 3. The van der Waals surface area contributed by atoms with Crippen LogP contribution in [-0.2, 0) is 10.0 Å². The lowest BCUT2D eigenvalue weighted by Gasteiger charge is -2.15. The molecular formula is C21H19NO4S. The third-order valence-corrected chi connectivity index (χ3v) is 6.60. The van der Waals surface area contributed by atoms with Crippen molar-refractivity contribution in [3.05, 3.63) is 72.3 Å². The maximum atomic E-state index is 12.7. The number of esters is 1. The van der Waals surface area contributed by atoms with Crippen LogP contribution < -0.4 is 4.74 Å². The van der Waals surface area contributed by atoms with Crippen LogP contribution in [0.25, 0.3) is 10.8 Å². The zero-order valence-corrected chi connectivity index (χ0v) is 15.5. The lowest BCUT2D eigenvalue weighted by molar-refractivity contribution is 0.0734. The van der Waals surface area contributed by atoms with E-state index >= 15 is 0 Å². The van der Waals surface area contributed by atoms with E-state index in [2.05, 4.69) is 0 Å². The number of fused-ring (bicyclic) bond motifs is 1. The Bertz CT molecular complexity index is 1100. The maximum absolute atomic E-state index is 12.7. The number of carbonyl (C=O) groups excluding carboxylic acids is 1. The van der Waals surface area contributed by atoms with Gasteiger partial charge in [0.1, 0.15) is 5.75 Å². The summed E-state index contributed by atoms with van der Waals surface area (Å²) >= 11 is 0. The molecule has 0 aromatic heterocycles. The average Bonchev–Trinajstić information content (AvgIpc) is 3.24. The number of carbonyl (C=O) groups is 1. The molecule has 3 aromatic rings. The van der Waals surface area contributed by atoms with Gasteiger partial charge in [0.15, 0.2) is 0 Å². The third kappa shape index (κ3) is 3.59. The average molecular weight is 381 g/mol. The van der Waals surface area contributed by atoms with Gasteiger partial charge in [0.25, 0.3) is 0 Å². The van der Waals surface area contributed by atoms with Crippen LogP contribution in [0, 0.1) is 0 Å². The van der Waals surface area contributed by atoms with Crippen LogP contribution in [0.4, 0.5) is 0 Å². The molecule has 27 heavy (non-hydrogen) atoms. The first-order valence-corrected chi connectivity index (χ1v) is 10.3. The van der Waals surface area contributed by atoms with Gasteiger partial charge in [-0.05, 0) is 53.9 Å². The Labute approximate surface area is 158 Å². The number of rotatable bonds is 4. The van der Waals surface area contributed by atoms with Gasteiger partial charge in [0, 0.05) is 13.1 Å². The molecule has 0 saturated carbocycles. The van der Waals surface area contributed by atoms with E-state index in [1.807, 2.05) is 30.3 Å². The van der Waals surface area contributed by atoms with Crippen LogP contribution in [0.1, 0.15) is 23.2 Å². The monoisotopic (exact) mass is 381 g/mol. The Hall–Kier alpha value is -2.70. The van der Waals surface area contributed by atoms with Gasteiger partial charge in [-0.1, -0.05) is 36.4 Å². The predicted molar refractivity (Wildman–Crippen MR) is 103 cm³/mol. The van der Waals surface area contributed by atoms with Crippen LogP contribution in [0.3, 0.4) is 0 Å². The fourth-order valence-electron chi connectivity index (χ4n) is 3.26. The van der Waals surface area contributed by atoms with Gasteiger partial charge in [-0.2, -0.15) is 4.31 Å². The Morgan fingerprint density at radius 1 is 0.852 bits per heavy atom. The van der Waals surface area contributed by atoms with Crippen LogP contribution in [0.2, 0.25) is 0 Å². The smallest absolute Gasteiger partial charge is 0.343 e. The molecule has 1 saturated heterocycles. The quantitative estimate of drug-likeness (QED) is 0.509. The van der Waals surface area contributed by atoms with Crippen molar-refractivity contribution in [1.82, 2.24) is 4.31 Å². The Balaban J connectivity index is 1.58. The minimum absolute atomic E-state index is 0.123. The van der Waals surface area contributed by atoms with Gasteiger partial charge in [0.05, 0.1) is 10.5 Å². The zero-order valence-electron chi connectivity index (χ0n) is 14.7. The minimum atomic E-state index is -3.57. The fraction of sp³-hybridized carbons (Fsp3) is 0.190. The zero-order chi connectivity index (χ0) is 18.9. The lowest BCUT2D eigenvalue weighted by atomic mass is 10.1. The number of hydrogen-bond donors (Lipinski definition) is 0. The SMILES string of the molecule is O=C(Oc1ccc2ccccc2c1)c1cccc(S(=O)(=O)N2CCCC2)c1. The van der Waals surface area contributed by atoms with Crippen molar-refractivity contribution in [3.63, 3.8) is 0 Å². The molecular weight excluding hydrogens is 362 g/mol. The summed E-state index contributed by atoms with van der Waals surface area (Å²) in [6.07, 6.45) is 1.73. The molecule has 0 N–H and O–H groups in total. The van der Waals surface area contributed by atoms with E-state index in [4.69, 9.17) is 4.74 Å². The molecule has 0 bridgehead atoms. The predicted octanol–water partition coefficient (Wildman–Crippen LogP) is 3.84. The van der Waals surface area contributed by atoms with Crippen molar-refractivity contribution in [1.29, 1.82) is 0 Å². The normalized spacial score (nSPS) is 15.1. The van der Waals surface area contributed by atoms with Crippen molar-refractivity contribution < 1.29 is 17.9 Å². The van der Waals surface area contributed by atoms with Crippen LogP contribution >= 0.6 is 0 Å². The molecule has 0 aliphatic carbocycles. The molecule has 0 spiro atoms. The van der Waals surface area contributed by atoms with E-state index in [0.29, 0.717) is 18.8 Å². The Kier molecular flexibility index (Phi) is 4.68. The van der Waals surface area contributed by atoms with Gasteiger partial charge in [-0.15, -0.1) is 0 Å². The first-order valence-electron chi connectivity index (χ1n) is 8.85. The summed E-state index contributed by atoms with van der Waals surface area (Å²) in [6, 6.07) is 19.2. The topological polar surface area (TPSA) is 63.7 Å². The Morgan fingerprint density at radius 3 is 2.37 bits per heavy atom. The van der Waals surface area contributed by atoms with Gasteiger partial charge in [0.2, 0.25) is 10.0 Å². The van der Waals surface area contributed by atoms with Crippen LogP contribution in [0.5, 0.6) is 5.75 Å². The van der Waals surface area contributed by atoms with E-state index < -0.39 is 16.0 Å². The molecule has 0 radical (unpaired) electrons. The maximum Gasteiger partial charge on any atom is 0.343 e.